The van der Waals surface area contributed by atoms with Gasteiger partial charge in [0, 0.05) is 39.2 Å². The lowest BCUT2D eigenvalue weighted by Gasteiger charge is -2.24. The van der Waals surface area contributed by atoms with E-state index in [0.29, 0.717) is 22.8 Å². The average Bonchev–Trinajstić information content (AvgIpc) is 3.14. The number of fused-ring (bicyclic) bond motifs is 9. The molecule has 4 nitrogen and oxygen atoms in total. The van der Waals surface area contributed by atoms with Gasteiger partial charge in [0.15, 0.2) is 0 Å². The van der Waals surface area contributed by atoms with Crippen molar-refractivity contribution >= 4 is 28.5 Å². The minimum atomic E-state index is -2.59. The molecular weight excluding hydrogens is 346 g/mol. The SMILES string of the molecule is [2H]C([2H])([2H])N1C(=O)c2cccc(C#CC)c2[C@H]2C[C@@H]1c1nc3ccc(Cl)cc3n12. The van der Waals surface area contributed by atoms with Gasteiger partial charge < -0.3 is 9.47 Å². The summed E-state index contributed by atoms with van der Waals surface area (Å²) in [5, 5.41) is 0.574. The van der Waals surface area contributed by atoms with E-state index in [4.69, 9.17) is 15.7 Å². The normalized spacial score (nSPS) is 22.6. The summed E-state index contributed by atoms with van der Waals surface area (Å²) in [5.74, 6) is 6.04. The molecule has 3 aromatic rings. The Bertz CT molecular complexity index is 1250. The van der Waals surface area contributed by atoms with Crippen LogP contribution in [0.15, 0.2) is 36.4 Å². The molecule has 2 aliphatic rings. The van der Waals surface area contributed by atoms with E-state index in [1.165, 1.54) is 0 Å². The van der Waals surface area contributed by atoms with Crippen LogP contribution in [0.2, 0.25) is 5.02 Å². The van der Waals surface area contributed by atoms with Crippen LogP contribution in [-0.2, 0) is 0 Å². The van der Waals surface area contributed by atoms with E-state index in [1.807, 2.05) is 22.8 Å². The van der Waals surface area contributed by atoms with Crippen molar-refractivity contribution in [2.24, 2.45) is 0 Å². The zero-order chi connectivity index (χ0) is 20.5. The van der Waals surface area contributed by atoms with Gasteiger partial charge in [-0.2, -0.15) is 0 Å². The maximum absolute atomic E-state index is 13.4. The first kappa shape index (κ1) is 12.6. The molecule has 0 fully saturated rings. The van der Waals surface area contributed by atoms with Crippen molar-refractivity contribution in [3.8, 4) is 11.8 Å². The second kappa shape index (κ2) is 5.36. The predicted molar refractivity (Wildman–Crippen MR) is 101 cm³/mol. The van der Waals surface area contributed by atoms with Crippen LogP contribution in [0.25, 0.3) is 11.0 Å². The van der Waals surface area contributed by atoms with Gasteiger partial charge in [-0.05, 0) is 37.3 Å². The lowest BCUT2D eigenvalue weighted by Crippen LogP contribution is -2.30. The first-order chi connectivity index (χ1) is 13.8. The third-order valence-electron chi connectivity index (χ3n) is 5.19. The van der Waals surface area contributed by atoms with Gasteiger partial charge in [-0.25, -0.2) is 4.98 Å². The number of rotatable bonds is 0. The maximum Gasteiger partial charge on any atom is 0.254 e. The molecule has 2 bridgehead atoms. The van der Waals surface area contributed by atoms with Gasteiger partial charge in [-0.15, -0.1) is 5.92 Å². The molecular formula is C21H16ClN3O. The van der Waals surface area contributed by atoms with Crippen molar-refractivity contribution < 1.29 is 8.91 Å². The van der Waals surface area contributed by atoms with Crippen molar-refractivity contribution in [1.82, 2.24) is 14.5 Å². The maximum atomic E-state index is 13.4. The van der Waals surface area contributed by atoms with Gasteiger partial charge in [-0.3, -0.25) is 4.79 Å². The monoisotopic (exact) mass is 364 g/mol. The zero-order valence-electron chi connectivity index (χ0n) is 17.0. The molecule has 0 saturated heterocycles. The summed E-state index contributed by atoms with van der Waals surface area (Å²) in [6.07, 6.45) is 0.435. The van der Waals surface area contributed by atoms with E-state index >= 15 is 0 Å². The van der Waals surface area contributed by atoms with Gasteiger partial charge >= 0.3 is 0 Å². The zero-order valence-corrected chi connectivity index (χ0v) is 14.7. The highest BCUT2D eigenvalue weighted by atomic mass is 35.5. The standard InChI is InChI=1S/C21H16ClN3O/c1-3-5-12-6-4-7-14-19(12)17-11-18(24(2)21(14)26)20-23-15-9-8-13(22)10-16(15)25(17)20/h4,6-10,17-18H,11H2,1-2H3/t17-,18-/m1/s1/i2D3. The Labute approximate surface area is 160 Å². The Balaban J connectivity index is 1.89. The molecule has 1 amide bonds. The minimum absolute atomic E-state index is 0.248. The highest BCUT2D eigenvalue weighted by Crippen LogP contribution is 2.48. The summed E-state index contributed by atoms with van der Waals surface area (Å²) in [7, 11) is 0. The molecule has 0 unspecified atom stereocenters. The largest absolute Gasteiger partial charge is 0.331 e. The Hall–Kier alpha value is -2.77. The summed E-state index contributed by atoms with van der Waals surface area (Å²) in [5.41, 5.74) is 3.40. The van der Waals surface area contributed by atoms with Crippen molar-refractivity contribution in [3.05, 3.63) is 63.9 Å². The van der Waals surface area contributed by atoms with Gasteiger partial charge in [0.05, 0.1) is 23.1 Å². The van der Waals surface area contributed by atoms with E-state index in [2.05, 4.69) is 16.8 Å². The fourth-order valence-corrected chi connectivity index (χ4v) is 4.33. The van der Waals surface area contributed by atoms with E-state index in [1.54, 1.807) is 25.1 Å². The number of nitrogens with zero attached hydrogens (tertiary/aromatic N) is 3. The number of halogens is 1. The second-order valence-corrected chi connectivity index (χ2v) is 6.99. The molecule has 3 heterocycles. The Morgan fingerprint density at radius 2 is 2.19 bits per heavy atom. The number of aromatic nitrogens is 2. The summed E-state index contributed by atoms with van der Waals surface area (Å²) in [4.78, 5) is 19.1. The predicted octanol–water partition coefficient (Wildman–Crippen LogP) is 4.18. The first-order valence-electron chi connectivity index (χ1n) is 9.88. The van der Waals surface area contributed by atoms with Crippen molar-refractivity contribution in [3.63, 3.8) is 0 Å². The molecule has 2 aromatic carbocycles. The third-order valence-corrected chi connectivity index (χ3v) is 5.43. The molecule has 2 aliphatic heterocycles. The molecule has 0 aliphatic carbocycles. The highest BCUT2D eigenvalue weighted by molar-refractivity contribution is 6.31. The van der Waals surface area contributed by atoms with Crippen LogP contribution in [0.3, 0.4) is 0 Å². The lowest BCUT2D eigenvalue weighted by molar-refractivity contribution is 0.0734. The van der Waals surface area contributed by atoms with Gasteiger partial charge in [0.2, 0.25) is 0 Å². The molecule has 5 heteroatoms. The van der Waals surface area contributed by atoms with E-state index in [-0.39, 0.29) is 6.04 Å². The minimum Gasteiger partial charge on any atom is -0.331 e. The molecule has 128 valence electrons. The second-order valence-electron chi connectivity index (χ2n) is 6.56. The van der Waals surface area contributed by atoms with Crippen molar-refractivity contribution in [1.29, 1.82) is 0 Å². The Morgan fingerprint density at radius 1 is 1.31 bits per heavy atom. The van der Waals surface area contributed by atoms with Crippen LogP contribution in [0.5, 0.6) is 0 Å². The number of carbonyl (C=O) groups is 1. The van der Waals surface area contributed by atoms with E-state index in [9.17, 15) is 4.79 Å². The van der Waals surface area contributed by atoms with Crippen LogP contribution in [0, 0.1) is 11.8 Å². The topological polar surface area (TPSA) is 38.1 Å². The van der Waals surface area contributed by atoms with Crippen LogP contribution in [0.4, 0.5) is 0 Å². The summed E-state index contributed by atoms with van der Waals surface area (Å²) in [6.45, 7) is -0.854. The molecule has 1 aromatic heterocycles. The fraction of sp³-hybridized carbons (Fsp3) is 0.238. The van der Waals surface area contributed by atoms with Crippen LogP contribution >= 0.6 is 11.6 Å². The van der Waals surface area contributed by atoms with Gasteiger partial charge in [0.25, 0.3) is 5.91 Å². The van der Waals surface area contributed by atoms with E-state index in [0.717, 1.165) is 27.1 Å². The molecule has 0 spiro atoms. The van der Waals surface area contributed by atoms with Crippen molar-refractivity contribution in [2.45, 2.75) is 25.4 Å². The van der Waals surface area contributed by atoms with Gasteiger partial charge in [-0.1, -0.05) is 23.6 Å². The van der Waals surface area contributed by atoms with Crippen LogP contribution in [-0.4, -0.2) is 27.3 Å². The number of hydrogen-bond donors (Lipinski definition) is 0. The Kier molecular flexibility index (Phi) is 2.59. The quantitative estimate of drug-likeness (QED) is 0.561. The van der Waals surface area contributed by atoms with Crippen LogP contribution in [0.1, 0.15) is 56.8 Å². The molecule has 0 saturated carbocycles. The molecule has 2 atom stereocenters. The van der Waals surface area contributed by atoms with Crippen molar-refractivity contribution in [2.75, 3.05) is 6.98 Å². The highest BCUT2D eigenvalue weighted by Gasteiger charge is 2.44. The lowest BCUT2D eigenvalue weighted by atomic mass is 9.93. The molecule has 0 radical (unpaired) electrons. The Morgan fingerprint density at radius 3 is 3.00 bits per heavy atom. The summed E-state index contributed by atoms with van der Waals surface area (Å²) in [6, 6.07) is 9.80. The number of benzene rings is 2. The van der Waals surface area contributed by atoms with Crippen LogP contribution < -0.4 is 0 Å². The first-order valence-corrected chi connectivity index (χ1v) is 8.76. The number of imidazole rings is 1. The third kappa shape index (κ3) is 1.92. The molecule has 5 rings (SSSR count). The average molecular weight is 365 g/mol. The molecule has 0 N–H and O–H groups in total. The fourth-order valence-electron chi connectivity index (χ4n) is 4.16. The summed E-state index contributed by atoms with van der Waals surface area (Å²) >= 11 is 6.24. The number of carbonyl (C=O) groups excluding carboxylic acids is 1. The van der Waals surface area contributed by atoms with Gasteiger partial charge in [0.1, 0.15) is 5.82 Å². The van der Waals surface area contributed by atoms with E-state index < -0.39 is 18.9 Å². The smallest absolute Gasteiger partial charge is 0.254 e. The summed E-state index contributed by atoms with van der Waals surface area (Å²) < 4.78 is 26.2. The number of amides is 1. The molecule has 26 heavy (non-hydrogen) atoms. The number of hydrogen-bond acceptors (Lipinski definition) is 2.